The number of rotatable bonds is 9. The molecule has 0 bridgehead atoms. The Balaban J connectivity index is 1.35. The quantitative estimate of drug-likeness (QED) is 0.175. The van der Waals surface area contributed by atoms with E-state index in [2.05, 4.69) is 196 Å². The summed E-state index contributed by atoms with van der Waals surface area (Å²) in [6, 6.07) is 51.9. The highest BCUT2D eigenvalue weighted by Crippen LogP contribution is 2.36. The number of nitrogens with zero attached hydrogens (tertiary/aromatic N) is 2. The molecule has 0 unspecified atom stereocenters. The standard InChI is InChI=1S/C40H37BN3/c1-29-9-19-34(20-10-29)42-39-7-5-6-8-40(39)44(38-25-15-32(4)16-26-38)41-33-17-27-37(28-18-33)43(35-21-11-30(2)12-22-35)36-23-13-31(3)14-24-36/h5-28,42H,1-4H3. The van der Waals surface area contributed by atoms with Crippen LogP contribution in [0.15, 0.2) is 146 Å². The monoisotopic (exact) mass is 570 g/mol. The molecule has 215 valence electrons. The second kappa shape index (κ2) is 13.0. The van der Waals surface area contributed by atoms with Gasteiger partial charge in [0, 0.05) is 28.4 Å². The molecule has 0 heterocycles. The van der Waals surface area contributed by atoms with E-state index >= 15 is 0 Å². The highest BCUT2D eigenvalue weighted by atomic mass is 15.1. The lowest BCUT2D eigenvalue weighted by Gasteiger charge is -2.28. The first kappa shape index (κ1) is 28.9. The summed E-state index contributed by atoms with van der Waals surface area (Å²) in [5, 5.41) is 3.65. The summed E-state index contributed by atoms with van der Waals surface area (Å²) in [5.41, 5.74) is 13.7. The Bertz CT molecular complexity index is 1760. The fourth-order valence-corrected chi connectivity index (χ4v) is 5.26. The van der Waals surface area contributed by atoms with E-state index in [1.165, 1.54) is 22.3 Å². The molecule has 44 heavy (non-hydrogen) atoms. The van der Waals surface area contributed by atoms with E-state index in [1.807, 2.05) is 0 Å². The lowest BCUT2D eigenvalue weighted by atomic mass is 9.79. The maximum atomic E-state index is 3.65. The predicted molar refractivity (Wildman–Crippen MR) is 190 cm³/mol. The molecule has 1 radical (unpaired) electrons. The molecule has 0 aliphatic carbocycles. The molecule has 6 aromatic carbocycles. The van der Waals surface area contributed by atoms with Gasteiger partial charge in [-0.3, -0.25) is 0 Å². The van der Waals surface area contributed by atoms with Crippen molar-refractivity contribution in [3.8, 4) is 0 Å². The molecule has 0 aliphatic rings. The highest BCUT2D eigenvalue weighted by Gasteiger charge is 2.18. The molecular formula is C40H37BN3. The van der Waals surface area contributed by atoms with Crippen molar-refractivity contribution in [2.75, 3.05) is 15.0 Å². The van der Waals surface area contributed by atoms with E-state index < -0.39 is 0 Å². The van der Waals surface area contributed by atoms with Gasteiger partial charge in [0.2, 0.25) is 0 Å². The maximum Gasteiger partial charge on any atom is 0.291 e. The average molecular weight is 571 g/mol. The third-order valence-corrected chi connectivity index (χ3v) is 7.82. The van der Waals surface area contributed by atoms with Crippen LogP contribution in [0, 0.1) is 27.7 Å². The molecule has 3 nitrogen and oxygen atoms in total. The van der Waals surface area contributed by atoms with Gasteiger partial charge in [-0.2, -0.15) is 0 Å². The van der Waals surface area contributed by atoms with Crippen molar-refractivity contribution in [2.24, 2.45) is 0 Å². The molecule has 0 aliphatic heterocycles. The number of nitrogens with one attached hydrogen (secondary N) is 1. The summed E-state index contributed by atoms with van der Waals surface area (Å²) >= 11 is 0. The number of anilines is 7. The molecule has 4 heteroatoms. The van der Waals surface area contributed by atoms with Crippen molar-refractivity contribution >= 4 is 52.7 Å². The molecule has 0 saturated heterocycles. The van der Waals surface area contributed by atoms with Gasteiger partial charge in [0.05, 0.1) is 11.4 Å². The van der Waals surface area contributed by atoms with E-state index in [0.717, 1.165) is 45.3 Å². The number of benzene rings is 6. The SMILES string of the molecule is Cc1ccc(Nc2ccccc2N([B]c2ccc(N(c3ccc(C)cc3)c3ccc(C)cc3)cc2)c2ccc(C)cc2)cc1. The fraction of sp³-hybridized carbons (Fsp3) is 0.100. The Hall–Kier alpha value is -5.22. The molecule has 0 atom stereocenters. The minimum atomic E-state index is 1.04. The number of hydrogen-bond donors (Lipinski definition) is 1. The molecule has 0 saturated carbocycles. The summed E-state index contributed by atoms with van der Waals surface area (Å²) in [5.74, 6) is 0. The first-order valence-corrected chi connectivity index (χ1v) is 15.1. The lowest BCUT2D eigenvalue weighted by molar-refractivity contribution is 1.27. The van der Waals surface area contributed by atoms with Crippen molar-refractivity contribution in [3.05, 3.63) is 168 Å². The van der Waals surface area contributed by atoms with E-state index in [-0.39, 0.29) is 0 Å². The van der Waals surface area contributed by atoms with E-state index in [1.54, 1.807) is 0 Å². The van der Waals surface area contributed by atoms with Crippen LogP contribution in [-0.2, 0) is 0 Å². The van der Waals surface area contributed by atoms with Crippen molar-refractivity contribution in [3.63, 3.8) is 0 Å². The van der Waals surface area contributed by atoms with Crippen LogP contribution in [-0.4, -0.2) is 7.41 Å². The molecular weight excluding hydrogens is 533 g/mol. The van der Waals surface area contributed by atoms with Gasteiger partial charge in [0.1, 0.15) is 0 Å². The second-order valence-corrected chi connectivity index (χ2v) is 11.4. The predicted octanol–water partition coefficient (Wildman–Crippen LogP) is 10.2. The van der Waals surface area contributed by atoms with Crippen molar-refractivity contribution in [2.45, 2.75) is 27.7 Å². The highest BCUT2D eigenvalue weighted by molar-refractivity contribution is 6.59. The number of hydrogen-bond acceptors (Lipinski definition) is 3. The van der Waals surface area contributed by atoms with Crippen molar-refractivity contribution in [1.29, 1.82) is 0 Å². The summed E-state index contributed by atoms with van der Waals surface area (Å²) in [4.78, 5) is 4.57. The van der Waals surface area contributed by atoms with Crippen LogP contribution in [0.25, 0.3) is 0 Å². The normalized spacial score (nSPS) is 10.7. The van der Waals surface area contributed by atoms with Gasteiger partial charge in [-0.05, 0) is 100 Å². The van der Waals surface area contributed by atoms with Gasteiger partial charge in [0.15, 0.2) is 0 Å². The smallest absolute Gasteiger partial charge is 0.291 e. The van der Waals surface area contributed by atoms with Crippen LogP contribution in [0.5, 0.6) is 0 Å². The van der Waals surface area contributed by atoms with E-state index in [9.17, 15) is 0 Å². The third-order valence-electron chi connectivity index (χ3n) is 7.82. The Morgan fingerprint density at radius 3 is 1.34 bits per heavy atom. The zero-order valence-corrected chi connectivity index (χ0v) is 25.8. The zero-order valence-electron chi connectivity index (χ0n) is 25.8. The van der Waals surface area contributed by atoms with Gasteiger partial charge < -0.3 is 15.0 Å². The Morgan fingerprint density at radius 2 is 0.841 bits per heavy atom. The Morgan fingerprint density at radius 1 is 0.432 bits per heavy atom. The summed E-state index contributed by atoms with van der Waals surface area (Å²) in [7, 11) is 2.21. The summed E-state index contributed by atoms with van der Waals surface area (Å²) in [6.45, 7) is 8.48. The van der Waals surface area contributed by atoms with Crippen LogP contribution in [0.1, 0.15) is 22.3 Å². The van der Waals surface area contributed by atoms with Crippen molar-refractivity contribution < 1.29 is 0 Å². The molecule has 0 aromatic heterocycles. The topological polar surface area (TPSA) is 18.5 Å². The van der Waals surface area contributed by atoms with Crippen LogP contribution in [0.4, 0.5) is 39.8 Å². The minimum absolute atomic E-state index is 1.04. The zero-order chi connectivity index (χ0) is 30.5. The molecule has 0 amide bonds. The maximum absolute atomic E-state index is 3.65. The summed E-state index contributed by atoms with van der Waals surface area (Å²) < 4.78 is 0. The molecule has 0 fully saturated rings. The van der Waals surface area contributed by atoms with Gasteiger partial charge >= 0.3 is 0 Å². The van der Waals surface area contributed by atoms with Gasteiger partial charge in [-0.25, -0.2) is 0 Å². The van der Waals surface area contributed by atoms with E-state index in [4.69, 9.17) is 0 Å². The van der Waals surface area contributed by atoms with E-state index in [0.29, 0.717) is 0 Å². The molecule has 6 aromatic rings. The van der Waals surface area contributed by atoms with Crippen LogP contribution >= 0.6 is 0 Å². The first-order valence-electron chi connectivity index (χ1n) is 15.1. The van der Waals surface area contributed by atoms with Crippen LogP contribution < -0.4 is 20.5 Å². The fourth-order valence-electron chi connectivity index (χ4n) is 5.26. The second-order valence-electron chi connectivity index (χ2n) is 11.4. The largest absolute Gasteiger partial charge is 0.384 e. The van der Waals surface area contributed by atoms with Crippen LogP contribution in [0.3, 0.4) is 0 Å². The minimum Gasteiger partial charge on any atom is -0.384 e. The van der Waals surface area contributed by atoms with Gasteiger partial charge in [-0.1, -0.05) is 101 Å². The average Bonchev–Trinajstić information content (AvgIpc) is 3.04. The number of para-hydroxylation sites is 2. The number of aryl methyl sites for hydroxylation is 4. The van der Waals surface area contributed by atoms with Gasteiger partial charge in [-0.15, -0.1) is 0 Å². The molecule has 1 N–H and O–H groups in total. The third kappa shape index (κ3) is 6.71. The molecule has 6 rings (SSSR count). The molecule has 0 spiro atoms. The Labute approximate surface area is 262 Å². The van der Waals surface area contributed by atoms with Gasteiger partial charge in [0.25, 0.3) is 7.41 Å². The lowest BCUT2D eigenvalue weighted by Crippen LogP contribution is -2.32. The first-order chi connectivity index (χ1) is 21.4. The summed E-state index contributed by atoms with van der Waals surface area (Å²) in [6.07, 6.45) is 0. The van der Waals surface area contributed by atoms with Crippen LogP contribution in [0.2, 0.25) is 0 Å². The van der Waals surface area contributed by atoms with Crippen molar-refractivity contribution in [1.82, 2.24) is 0 Å². The Kier molecular flexibility index (Phi) is 8.51.